The maximum absolute atomic E-state index is 12.4. The third-order valence-electron chi connectivity index (χ3n) is 4.21. The molecule has 1 fully saturated rings. The molecule has 0 aliphatic carbocycles. The molecule has 1 aromatic carbocycles. The Bertz CT molecular complexity index is 581. The maximum atomic E-state index is 12.4. The van der Waals surface area contributed by atoms with Gasteiger partial charge < -0.3 is 10.1 Å². The fraction of sp³-hybridized carbons (Fsp3) is 0.529. The molecule has 1 atom stereocenters. The van der Waals surface area contributed by atoms with E-state index in [0.717, 1.165) is 0 Å². The van der Waals surface area contributed by atoms with Crippen LogP contribution in [0.5, 0.6) is 0 Å². The summed E-state index contributed by atoms with van der Waals surface area (Å²) in [4.78, 5) is 26.3. The summed E-state index contributed by atoms with van der Waals surface area (Å²) in [7, 11) is 0. The molecule has 0 saturated carbocycles. The van der Waals surface area contributed by atoms with Crippen molar-refractivity contribution in [2.45, 2.75) is 32.7 Å². The molecular formula is C17H22Cl2N2O3. The molecule has 1 N–H and O–H groups in total. The van der Waals surface area contributed by atoms with Gasteiger partial charge in [0.05, 0.1) is 18.6 Å². The molecule has 1 aliphatic heterocycles. The fourth-order valence-electron chi connectivity index (χ4n) is 2.82. The molecule has 0 radical (unpaired) electrons. The van der Waals surface area contributed by atoms with Gasteiger partial charge in [0.15, 0.2) is 0 Å². The van der Waals surface area contributed by atoms with Crippen LogP contribution in [0, 0.1) is 5.92 Å². The quantitative estimate of drug-likeness (QED) is 0.802. The standard InChI is InChI=1S/C17H22Cl2N2O3/c1-3-24-17(23)12-4-6-21(7-5-12)11(2)16(22)20-15-9-13(18)8-14(19)10-15/h8-12H,3-7H2,1-2H3,(H,20,22). The van der Waals surface area contributed by atoms with Crippen LogP contribution in [0.2, 0.25) is 10.0 Å². The number of nitrogens with one attached hydrogen (secondary N) is 1. The van der Waals surface area contributed by atoms with Gasteiger partial charge in [0, 0.05) is 15.7 Å². The highest BCUT2D eigenvalue weighted by Crippen LogP contribution is 2.24. The van der Waals surface area contributed by atoms with E-state index in [2.05, 4.69) is 10.2 Å². The number of nitrogens with zero attached hydrogens (tertiary/aromatic N) is 1. The third kappa shape index (κ3) is 5.10. The Hall–Kier alpha value is -1.30. The van der Waals surface area contributed by atoms with Crippen LogP contribution in [-0.4, -0.2) is 42.5 Å². The molecule has 1 aliphatic rings. The summed E-state index contributed by atoms with van der Waals surface area (Å²) in [6.45, 7) is 5.44. The number of amides is 1. The summed E-state index contributed by atoms with van der Waals surface area (Å²) < 4.78 is 5.06. The Kier molecular flexibility index (Phi) is 6.90. The van der Waals surface area contributed by atoms with Gasteiger partial charge >= 0.3 is 5.97 Å². The van der Waals surface area contributed by atoms with Crippen LogP contribution in [0.15, 0.2) is 18.2 Å². The second-order valence-electron chi connectivity index (χ2n) is 5.89. The van der Waals surface area contributed by atoms with Gasteiger partial charge in [0.25, 0.3) is 0 Å². The minimum atomic E-state index is -0.300. The van der Waals surface area contributed by atoms with Gasteiger partial charge in [-0.25, -0.2) is 0 Å². The molecule has 1 saturated heterocycles. The molecule has 1 aromatic rings. The first-order chi connectivity index (χ1) is 11.4. The van der Waals surface area contributed by atoms with Crippen molar-refractivity contribution in [1.29, 1.82) is 0 Å². The van der Waals surface area contributed by atoms with E-state index in [0.29, 0.717) is 48.3 Å². The van der Waals surface area contributed by atoms with Crippen LogP contribution >= 0.6 is 23.2 Å². The summed E-state index contributed by atoms with van der Waals surface area (Å²) in [5.41, 5.74) is 0.575. The van der Waals surface area contributed by atoms with E-state index in [1.807, 2.05) is 13.8 Å². The summed E-state index contributed by atoms with van der Waals surface area (Å²) >= 11 is 11.9. The molecular weight excluding hydrogens is 351 g/mol. The number of likely N-dealkylation sites (tertiary alicyclic amines) is 1. The van der Waals surface area contributed by atoms with E-state index in [-0.39, 0.29) is 23.8 Å². The van der Waals surface area contributed by atoms with Crippen LogP contribution in [0.4, 0.5) is 5.69 Å². The van der Waals surface area contributed by atoms with Crippen molar-refractivity contribution in [3.8, 4) is 0 Å². The van der Waals surface area contributed by atoms with Gasteiger partial charge in [-0.2, -0.15) is 0 Å². The predicted octanol–water partition coefficient (Wildman–Crippen LogP) is 3.60. The molecule has 1 amide bonds. The molecule has 1 unspecified atom stereocenters. The molecule has 5 nitrogen and oxygen atoms in total. The highest BCUT2D eigenvalue weighted by Gasteiger charge is 2.30. The Morgan fingerprint density at radius 2 is 1.83 bits per heavy atom. The van der Waals surface area contributed by atoms with E-state index in [1.54, 1.807) is 18.2 Å². The number of benzene rings is 1. The van der Waals surface area contributed by atoms with Gasteiger partial charge in [-0.05, 0) is 58.0 Å². The molecule has 0 aromatic heterocycles. The number of ether oxygens (including phenoxy) is 1. The van der Waals surface area contributed by atoms with Crippen LogP contribution in [-0.2, 0) is 14.3 Å². The lowest BCUT2D eigenvalue weighted by Gasteiger charge is -2.34. The molecule has 0 bridgehead atoms. The first-order valence-corrected chi connectivity index (χ1v) is 8.84. The Morgan fingerprint density at radius 3 is 2.38 bits per heavy atom. The van der Waals surface area contributed by atoms with Crippen LogP contribution in [0.1, 0.15) is 26.7 Å². The highest BCUT2D eigenvalue weighted by molar-refractivity contribution is 6.35. The van der Waals surface area contributed by atoms with E-state index in [4.69, 9.17) is 27.9 Å². The number of anilines is 1. The van der Waals surface area contributed by atoms with Crippen molar-refractivity contribution in [3.05, 3.63) is 28.2 Å². The minimum absolute atomic E-state index is 0.0665. The number of halogens is 2. The SMILES string of the molecule is CCOC(=O)C1CCN(C(C)C(=O)Nc2cc(Cl)cc(Cl)c2)CC1. The highest BCUT2D eigenvalue weighted by atomic mass is 35.5. The average Bonchev–Trinajstić information content (AvgIpc) is 2.53. The number of carbonyl (C=O) groups is 2. The van der Waals surface area contributed by atoms with E-state index in [1.165, 1.54) is 0 Å². The Balaban J connectivity index is 1.89. The number of hydrogen-bond donors (Lipinski definition) is 1. The van der Waals surface area contributed by atoms with Crippen molar-refractivity contribution in [2.75, 3.05) is 25.0 Å². The van der Waals surface area contributed by atoms with E-state index < -0.39 is 0 Å². The zero-order valence-electron chi connectivity index (χ0n) is 13.9. The van der Waals surface area contributed by atoms with Crippen molar-refractivity contribution < 1.29 is 14.3 Å². The molecule has 0 spiro atoms. The number of carbonyl (C=O) groups excluding carboxylic acids is 2. The van der Waals surface area contributed by atoms with Gasteiger partial charge in [-0.15, -0.1) is 0 Å². The molecule has 24 heavy (non-hydrogen) atoms. The summed E-state index contributed by atoms with van der Waals surface area (Å²) in [5.74, 6) is -0.325. The topological polar surface area (TPSA) is 58.6 Å². The van der Waals surface area contributed by atoms with E-state index >= 15 is 0 Å². The van der Waals surface area contributed by atoms with Crippen LogP contribution in [0.25, 0.3) is 0 Å². The van der Waals surface area contributed by atoms with Gasteiger partial charge in [-0.1, -0.05) is 23.2 Å². The first kappa shape index (κ1) is 19.0. The van der Waals surface area contributed by atoms with E-state index in [9.17, 15) is 9.59 Å². The first-order valence-electron chi connectivity index (χ1n) is 8.08. The number of esters is 1. The predicted molar refractivity (Wildman–Crippen MR) is 95.5 cm³/mol. The lowest BCUT2D eigenvalue weighted by molar-refractivity contribution is -0.149. The van der Waals surface area contributed by atoms with Crippen LogP contribution in [0.3, 0.4) is 0 Å². The van der Waals surface area contributed by atoms with Gasteiger partial charge in [0.1, 0.15) is 0 Å². The fourth-order valence-corrected chi connectivity index (χ4v) is 3.35. The largest absolute Gasteiger partial charge is 0.466 e. The normalized spacial score (nSPS) is 17.3. The monoisotopic (exact) mass is 372 g/mol. The second kappa shape index (κ2) is 8.70. The summed E-state index contributed by atoms with van der Waals surface area (Å²) in [6.07, 6.45) is 1.42. The average molecular weight is 373 g/mol. The van der Waals surface area contributed by atoms with Crippen molar-refractivity contribution in [3.63, 3.8) is 0 Å². The zero-order valence-corrected chi connectivity index (χ0v) is 15.4. The van der Waals surface area contributed by atoms with Gasteiger partial charge in [-0.3, -0.25) is 14.5 Å². The van der Waals surface area contributed by atoms with Crippen LogP contribution < -0.4 is 5.32 Å². The second-order valence-corrected chi connectivity index (χ2v) is 6.76. The zero-order chi connectivity index (χ0) is 17.7. The molecule has 7 heteroatoms. The number of hydrogen-bond acceptors (Lipinski definition) is 4. The maximum Gasteiger partial charge on any atom is 0.309 e. The third-order valence-corrected chi connectivity index (χ3v) is 4.64. The number of rotatable bonds is 5. The lowest BCUT2D eigenvalue weighted by Crippen LogP contribution is -2.47. The minimum Gasteiger partial charge on any atom is -0.466 e. The summed E-state index contributed by atoms with van der Waals surface area (Å²) in [5, 5.41) is 3.78. The molecule has 132 valence electrons. The van der Waals surface area contributed by atoms with Crippen molar-refractivity contribution >= 4 is 40.8 Å². The van der Waals surface area contributed by atoms with Crippen molar-refractivity contribution in [1.82, 2.24) is 4.90 Å². The lowest BCUT2D eigenvalue weighted by atomic mass is 9.96. The smallest absolute Gasteiger partial charge is 0.309 e. The molecule has 1 heterocycles. The summed E-state index contributed by atoms with van der Waals surface area (Å²) in [6, 6.07) is 4.63. The molecule has 2 rings (SSSR count). The Morgan fingerprint density at radius 1 is 1.25 bits per heavy atom. The van der Waals surface area contributed by atoms with Crippen molar-refractivity contribution in [2.24, 2.45) is 5.92 Å². The van der Waals surface area contributed by atoms with Gasteiger partial charge in [0.2, 0.25) is 5.91 Å². The number of piperidine rings is 1. The Labute approximate surface area is 152 Å².